The maximum Gasteiger partial charge on any atom is 0.0968 e. The minimum atomic E-state index is 0.554. The summed E-state index contributed by atoms with van der Waals surface area (Å²) in [4.78, 5) is 8.89. The summed E-state index contributed by atoms with van der Waals surface area (Å²) in [5.74, 6) is 1.42. The fraction of sp³-hybridized carbons (Fsp3) is 0.667. The van der Waals surface area contributed by atoms with Gasteiger partial charge in [0.1, 0.15) is 0 Å². The second-order valence-corrected chi connectivity index (χ2v) is 5.36. The van der Waals surface area contributed by atoms with Crippen LogP contribution in [0.25, 0.3) is 0 Å². The van der Waals surface area contributed by atoms with Gasteiger partial charge in [0.05, 0.1) is 10.8 Å². The number of hydrogen-bond acceptors (Lipinski definition) is 3. The summed E-state index contributed by atoms with van der Waals surface area (Å²) in [6.07, 6.45) is 6.00. The number of rotatable bonds is 4. The molecule has 0 bridgehead atoms. The summed E-state index contributed by atoms with van der Waals surface area (Å²) in [7, 11) is 0. The number of thiazole rings is 1. The molecule has 88 valence electrons. The van der Waals surface area contributed by atoms with E-state index in [1.165, 1.54) is 30.7 Å². The Kier molecular flexibility index (Phi) is 3.93. The average Bonchev–Trinajstić information content (AvgIpc) is 2.89. The molecule has 1 saturated carbocycles. The Morgan fingerprint density at radius 2 is 2.31 bits per heavy atom. The molecule has 16 heavy (non-hydrogen) atoms. The molecule has 1 aromatic heterocycles. The molecule has 1 aliphatic rings. The molecule has 1 heterocycles. The van der Waals surface area contributed by atoms with E-state index in [1.54, 1.807) is 11.3 Å². The number of hydrogen-bond donors (Lipinski definition) is 1. The average molecular weight is 237 g/mol. The van der Waals surface area contributed by atoms with Crippen LogP contribution in [0.2, 0.25) is 0 Å². The molecule has 1 aromatic rings. The summed E-state index contributed by atoms with van der Waals surface area (Å²) in [5, 5.41) is 3.25. The van der Waals surface area contributed by atoms with E-state index in [-0.39, 0.29) is 0 Å². The van der Waals surface area contributed by atoms with Gasteiger partial charge in [-0.05, 0) is 19.8 Å². The van der Waals surface area contributed by atoms with Crippen molar-refractivity contribution in [1.29, 1.82) is 0 Å². The van der Waals surface area contributed by atoms with E-state index in [4.69, 9.17) is 5.73 Å². The smallest absolute Gasteiger partial charge is 0.0968 e. The molecule has 1 aliphatic carbocycles. The number of nitrogens with two attached hydrogens (primary N) is 1. The monoisotopic (exact) mass is 237 g/mol. The van der Waals surface area contributed by atoms with Crippen LogP contribution in [0.5, 0.6) is 0 Å². The zero-order valence-electron chi connectivity index (χ0n) is 9.78. The van der Waals surface area contributed by atoms with Gasteiger partial charge in [0, 0.05) is 30.0 Å². The van der Waals surface area contributed by atoms with Crippen molar-refractivity contribution in [2.24, 2.45) is 16.6 Å². The zero-order valence-corrected chi connectivity index (χ0v) is 10.6. The highest BCUT2D eigenvalue weighted by Gasteiger charge is 2.18. The van der Waals surface area contributed by atoms with E-state index in [0.717, 1.165) is 24.5 Å². The van der Waals surface area contributed by atoms with Gasteiger partial charge in [0.25, 0.3) is 0 Å². The van der Waals surface area contributed by atoms with Gasteiger partial charge in [-0.2, -0.15) is 0 Å². The topological polar surface area (TPSA) is 51.3 Å². The zero-order chi connectivity index (χ0) is 11.4. The molecule has 2 rings (SSSR count). The Morgan fingerprint density at radius 3 is 2.94 bits per heavy atom. The molecule has 0 unspecified atom stereocenters. The van der Waals surface area contributed by atoms with E-state index >= 15 is 0 Å². The highest BCUT2D eigenvalue weighted by atomic mass is 32.1. The Labute approximate surface area is 101 Å². The summed E-state index contributed by atoms with van der Waals surface area (Å²) in [6, 6.07) is 0. The summed E-state index contributed by atoms with van der Waals surface area (Å²) in [5.41, 5.74) is 7.09. The van der Waals surface area contributed by atoms with Crippen LogP contribution in [0.3, 0.4) is 0 Å². The van der Waals surface area contributed by atoms with Gasteiger partial charge < -0.3 is 5.73 Å². The van der Waals surface area contributed by atoms with Crippen LogP contribution >= 0.6 is 11.3 Å². The predicted molar refractivity (Wildman–Crippen MR) is 69.0 cm³/mol. The molecular weight excluding hydrogens is 218 g/mol. The number of aryl methyl sites for hydroxylation is 1. The molecule has 4 heteroatoms. The lowest BCUT2D eigenvalue weighted by molar-refractivity contribution is 0.715. The summed E-state index contributed by atoms with van der Waals surface area (Å²) in [6.45, 7) is 2.81. The van der Waals surface area contributed by atoms with Crippen LogP contribution in [0.4, 0.5) is 0 Å². The minimum Gasteiger partial charge on any atom is -0.387 e. The van der Waals surface area contributed by atoms with Gasteiger partial charge in [0.15, 0.2) is 0 Å². The molecule has 0 radical (unpaired) electrons. The van der Waals surface area contributed by atoms with Gasteiger partial charge >= 0.3 is 0 Å². The fourth-order valence-electron chi connectivity index (χ4n) is 2.15. The van der Waals surface area contributed by atoms with Crippen LogP contribution in [0.1, 0.15) is 36.4 Å². The first kappa shape index (κ1) is 11.6. The second kappa shape index (κ2) is 5.43. The van der Waals surface area contributed by atoms with E-state index in [1.807, 2.05) is 6.92 Å². The molecule has 1 fully saturated rings. The Hall–Kier alpha value is -0.900. The third-order valence-corrected chi connectivity index (χ3v) is 4.09. The molecule has 0 spiro atoms. The normalized spacial score (nSPS) is 18.2. The third kappa shape index (κ3) is 3.04. The van der Waals surface area contributed by atoms with E-state index in [0.29, 0.717) is 5.92 Å². The van der Waals surface area contributed by atoms with Crippen molar-refractivity contribution >= 4 is 17.2 Å². The van der Waals surface area contributed by atoms with Crippen molar-refractivity contribution in [3.8, 4) is 0 Å². The van der Waals surface area contributed by atoms with Crippen molar-refractivity contribution in [3.05, 3.63) is 16.1 Å². The van der Waals surface area contributed by atoms with Gasteiger partial charge in [-0.3, -0.25) is 4.99 Å². The number of aliphatic imine (C=N–C) groups is 1. The SMILES string of the molecule is Cc1csc(CCN=C(N)C2CCCC2)n1. The molecule has 0 aromatic carbocycles. The first-order chi connectivity index (χ1) is 7.75. The quantitative estimate of drug-likeness (QED) is 0.646. The maximum absolute atomic E-state index is 5.98. The first-order valence-corrected chi connectivity index (χ1v) is 6.84. The van der Waals surface area contributed by atoms with Crippen molar-refractivity contribution < 1.29 is 0 Å². The van der Waals surface area contributed by atoms with Crippen LogP contribution in [-0.4, -0.2) is 17.4 Å². The standard InChI is InChI=1S/C12H19N3S/c1-9-8-16-11(15-9)6-7-14-12(13)10-4-2-3-5-10/h8,10H,2-7H2,1H3,(H2,13,14). The van der Waals surface area contributed by atoms with Crippen LogP contribution in [0, 0.1) is 12.8 Å². The summed E-state index contributed by atoms with van der Waals surface area (Å²) < 4.78 is 0. The number of nitrogens with zero attached hydrogens (tertiary/aromatic N) is 2. The number of amidine groups is 1. The Morgan fingerprint density at radius 1 is 1.56 bits per heavy atom. The van der Waals surface area contributed by atoms with Gasteiger partial charge in [-0.1, -0.05) is 12.8 Å². The fourth-order valence-corrected chi connectivity index (χ4v) is 2.91. The van der Waals surface area contributed by atoms with E-state index in [2.05, 4.69) is 15.4 Å². The number of aromatic nitrogens is 1. The van der Waals surface area contributed by atoms with Crippen molar-refractivity contribution in [2.75, 3.05) is 6.54 Å². The Balaban J connectivity index is 1.79. The van der Waals surface area contributed by atoms with Crippen molar-refractivity contribution in [2.45, 2.75) is 39.0 Å². The van der Waals surface area contributed by atoms with E-state index < -0.39 is 0 Å². The minimum absolute atomic E-state index is 0.554. The molecule has 3 nitrogen and oxygen atoms in total. The lowest BCUT2D eigenvalue weighted by Gasteiger charge is -2.07. The van der Waals surface area contributed by atoms with Gasteiger partial charge in [0.2, 0.25) is 0 Å². The molecule has 0 amide bonds. The van der Waals surface area contributed by atoms with Crippen molar-refractivity contribution in [3.63, 3.8) is 0 Å². The lowest BCUT2D eigenvalue weighted by Crippen LogP contribution is -2.21. The van der Waals surface area contributed by atoms with E-state index in [9.17, 15) is 0 Å². The second-order valence-electron chi connectivity index (χ2n) is 4.42. The first-order valence-electron chi connectivity index (χ1n) is 5.96. The highest BCUT2D eigenvalue weighted by molar-refractivity contribution is 7.09. The van der Waals surface area contributed by atoms with Crippen LogP contribution in [0.15, 0.2) is 10.4 Å². The summed E-state index contributed by atoms with van der Waals surface area (Å²) >= 11 is 1.71. The molecule has 0 atom stereocenters. The Bertz CT molecular complexity index is 364. The van der Waals surface area contributed by atoms with Crippen molar-refractivity contribution in [1.82, 2.24) is 4.98 Å². The largest absolute Gasteiger partial charge is 0.387 e. The lowest BCUT2D eigenvalue weighted by atomic mass is 10.1. The molecule has 0 saturated heterocycles. The van der Waals surface area contributed by atoms with Gasteiger partial charge in [-0.25, -0.2) is 4.98 Å². The van der Waals surface area contributed by atoms with Crippen LogP contribution < -0.4 is 5.73 Å². The predicted octanol–water partition coefficient (Wildman–Crippen LogP) is 2.54. The molecule has 0 aliphatic heterocycles. The molecular formula is C12H19N3S. The third-order valence-electron chi connectivity index (χ3n) is 3.06. The maximum atomic E-state index is 5.98. The van der Waals surface area contributed by atoms with Gasteiger partial charge in [-0.15, -0.1) is 11.3 Å². The highest BCUT2D eigenvalue weighted by Crippen LogP contribution is 2.24. The molecule has 2 N–H and O–H groups in total. The van der Waals surface area contributed by atoms with Crippen LogP contribution in [-0.2, 0) is 6.42 Å².